The minimum Gasteiger partial charge on any atom is -0.464 e. The third-order valence-corrected chi connectivity index (χ3v) is 3.05. The van der Waals surface area contributed by atoms with Crippen LogP contribution in [-0.4, -0.2) is 38.0 Å². The van der Waals surface area contributed by atoms with Crippen molar-refractivity contribution < 1.29 is 19.8 Å². The Bertz CT molecular complexity index is 661. The van der Waals surface area contributed by atoms with E-state index >= 15 is 0 Å². The van der Waals surface area contributed by atoms with Crippen LogP contribution in [0.25, 0.3) is 0 Å². The highest BCUT2D eigenvalue weighted by atomic mass is 16.4. The van der Waals surface area contributed by atoms with E-state index in [1.54, 1.807) is 0 Å². The van der Waals surface area contributed by atoms with E-state index in [9.17, 15) is 19.2 Å². The summed E-state index contributed by atoms with van der Waals surface area (Å²) in [5, 5.41) is 20.4. The highest BCUT2D eigenvalue weighted by Gasteiger charge is 2.19. The van der Waals surface area contributed by atoms with Crippen LogP contribution >= 0.6 is 0 Å². The van der Waals surface area contributed by atoms with Crippen LogP contribution in [0.2, 0.25) is 0 Å². The number of hydrogen-bond acceptors (Lipinski definition) is 5. The summed E-state index contributed by atoms with van der Waals surface area (Å²) in [4.78, 5) is 46.4. The zero-order valence-corrected chi connectivity index (χ0v) is 12.2. The minimum absolute atomic E-state index is 0.109. The molecule has 0 radical (unpaired) electrons. The normalized spacial score (nSPS) is 10.5. The molecule has 0 spiro atoms. The molecule has 9 nitrogen and oxygen atoms in total. The fourth-order valence-corrected chi connectivity index (χ4v) is 1.86. The van der Waals surface area contributed by atoms with Gasteiger partial charge in [0.15, 0.2) is 0 Å². The number of hydrogen-bond donors (Lipinski definition) is 3. The van der Waals surface area contributed by atoms with Gasteiger partial charge in [-0.05, 0) is 6.42 Å². The van der Waals surface area contributed by atoms with Gasteiger partial charge in [0.2, 0.25) is 0 Å². The van der Waals surface area contributed by atoms with Crippen molar-refractivity contribution in [2.24, 2.45) is 0 Å². The van der Waals surface area contributed by atoms with Gasteiger partial charge in [0, 0.05) is 12.7 Å². The Balaban J connectivity index is 3.02. The number of unbranched alkanes of at least 4 members (excludes halogenated alkanes) is 3. The van der Waals surface area contributed by atoms with Gasteiger partial charge in [0.05, 0.1) is 12.2 Å². The molecule has 122 valence electrons. The molecule has 0 unspecified atom stereocenters. The Morgan fingerprint density at radius 1 is 1.23 bits per heavy atom. The predicted octanol–water partition coefficient (Wildman–Crippen LogP) is 0.166. The zero-order chi connectivity index (χ0) is 16.7. The second-order valence-corrected chi connectivity index (χ2v) is 4.68. The van der Waals surface area contributed by atoms with Crippen LogP contribution in [0.5, 0.6) is 0 Å². The third-order valence-electron chi connectivity index (χ3n) is 3.05. The predicted molar refractivity (Wildman–Crippen MR) is 77.2 cm³/mol. The Labute approximate surface area is 125 Å². The van der Waals surface area contributed by atoms with Crippen molar-refractivity contribution in [3.63, 3.8) is 0 Å². The molecule has 0 aliphatic carbocycles. The number of nitrogens with zero attached hydrogens (tertiary/aromatic N) is 2. The van der Waals surface area contributed by atoms with Gasteiger partial charge >= 0.3 is 17.8 Å². The summed E-state index contributed by atoms with van der Waals surface area (Å²) in [5.41, 5.74) is -2.81. The Morgan fingerprint density at radius 3 is 2.45 bits per heavy atom. The molecule has 0 aromatic carbocycles. The maximum Gasteiger partial charge on any atom is 0.422 e. The first-order valence-electron chi connectivity index (χ1n) is 6.94. The molecule has 0 fully saturated rings. The van der Waals surface area contributed by atoms with Crippen LogP contribution in [0, 0.1) is 0 Å². The van der Waals surface area contributed by atoms with Crippen LogP contribution in [0.3, 0.4) is 0 Å². The second-order valence-electron chi connectivity index (χ2n) is 4.68. The molecule has 9 heteroatoms. The molecule has 0 bridgehead atoms. The first-order valence-corrected chi connectivity index (χ1v) is 6.94. The van der Waals surface area contributed by atoms with Crippen molar-refractivity contribution in [3.8, 4) is 0 Å². The molecule has 1 aromatic heterocycles. The topological polar surface area (TPSA) is 131 Å². The van der Waals surface area contributed by atoms with E-state index in [1.807, 2.05) is 6.92 Å². The SMILES string of the molecule is CCCCCCNC(=O)n1cc(CO)c(=O)n(C(=O)O)c1=O. The van der Waals surface area contributed by atoms with Gasteiger partial charge in [0.25, 0.3) is 5.56 Å². The van der Waals surface area contributed by atoms with Crippen LogP contribution in [0.15, 0.2) is 15.8 Å². The Morgan fingerprint density at radius 2 is 1.91 bits per heavy atom. The van der Waals surface area contributed by atoms with E-state index in [0.717, 1.165) is 31.9 Å². The monoisotopic (exact) mass is 313 g/mol. The average Bonchev–Trinajstić information content (AvgIpc) is 2.46. The number of aromatic nitrogens is 2. The number of nitrogens with one attached hydrogen (secondary N) is 1. The summed E-state index contributed by atoms with van der Waals surface area (Å²) in [6.07, 6.45) is 2.74. The van der Waals surface area contributed by atoms with Crippen molar-refractivity contribution in [2.45, 2.75) is 39.2 Å². The zero-order valence-electron chi connectivity index (χ0n) is 12.2. The summed E-state index contributed by atoms with van der Waals surface area (Å²) in [7, 11) is 0. The number of rotatable bonds is 6. The van der Waals surface area contributed by atoms with Gasteiger partial charge in [-0.15, -0.1) is 0 Å². The summed E-state index contributed by atoms with van der Waals surface area (Å²) in [6.45, 7) is 1.59. The first-order chi connectivity index (χ1) is 10.4. The van der Waals surface area contributed by atoms with E-state index in [-0.39, 0.29) is 10.1 Å². The van der Waals surface area contributed by atoms with Crippen molar-refractivity contribution in [1.82, 2.24) is 14.5 Å². The van der Waals surface area contributed by atoms with Crippen LogP contribution in [0.4, 0.5) is 9.59 Å². The molecule has 22 heavy (non-hydrogen) atoms. The van der Waals surface area contributed by atoms with Crippen LogP contribution in [0.1, 0.15) is 38.2 Å². The van der Waals surface area contributed by atoms with Gasteiger partial charge in [-0.25, -0.2) is 19.0 Å². The lowest BCUT2D eigenvalue weighted by atomic mass is 10.2. The molecule has 1 heterocycles. The van der Waals surface area contributed by atoms with Gasteiger partial charge in [0.1, 0.15) is 0 Å². The number of aliphatic hydroxyl groups is 1. The van der Waals surface area contributed by atoms with Gasteiger partial charge < -0.3 is 15.5 Å². The highest BCUT2D eigenvalue weighted by molar-refractivity contribution is 5.77. The van der Waals surface area contributed by atoms with Gasteiger partial charge in [-0.2, -0.15) is 4.57 Å². The second kappa shape index (κ2) is 8.13. The van der Waals surface area contributed by atoms with E-state index in [4.69, 9.17) is 10.2 Å². The largest absolute Gasteiger partial charge is 0.464 e. The fourth-order valence-electron chi connectivity index (χ4n) is 1.86. The maximum atomic E-state index is 11.9. The number of amides is 1. The van der Waals surface area contributed by atoms with Crippen molar-refractivity contribution >= 4 is 12.1 Å². The lowest BCUT2D eigenvalue weighted by Crippen LogP contribution is -2.48. The summed E-state index contributed by atoms with van der Waals surface area (Å²) < 4.78 is 0.364. The fraction of sp³-hybridized carbons (Fsp3) is 0.538. The molecule has 1 amide bonds. The molecular formula is C13H19N3O6. The third kappa shape index (κ3) is 4.04. The highest BCUT2D eigenvalue weighted by Crippen LogP contribution is 1.97. The molecule has 0 saturated carbocycles. The number of aliphatic hydroxyl groups excluding tert-OH is 1. The average molecular weight is 313 g/mol. The summed E-state index contributed by atoms with van der Waals surface area (Å²) >= 11 is 0. The van der Waals surface area contributed by atoms with E-state index in [2.05, 4.69) is 5.32 Å². The maximum absolute atomic E-state index is 11.9. The van der Waals surface area contributed by atoms with E-state index in [0.29, 0.717) is 11.1 Å². The van der Waals surface area contributed by atoms with Crippen molar-refractivity contribution in [1.29, 1.82) is 0 Å². The Kier molecular flexibility index (Phi) is 6.51. The molecule has 0 aliphatic rings. The summed E-state index contributed by atoms with van der Waals surface area (Å²) in [6, 6.07) is -0.841. The molecule has 1 aromatic rings. The number of carbonyl (C=O) groups is 2. The van der Waals surface area contributed by atoms with Crippen molar-refractivity contribution in [2.75, 3.05) is 6.54 Å². The lowest BCUT2D eigenvalue weighted by Gasteiger charge is -2.10. The van der Waals surface area contributed by atoms with Crippen molar-refractivity contribution in [3.05, 3.63) is 32.6 Å². The van der Waals surface area contributed by atoms with Gasteiger partial charge in [-0.1, -0.05) is 26.2 Å². The number of carboxylic acid groups (broad SMARTS) is 1. The smallest absolute Gasteiger partial charge is 0.422 e. The van der Waals surface area contributed by atoms with E-state index < -0.39 is 30.0 Å². The minimum atomic E-state index is -1.81. The quantitative estimate of drug-likeness (QED) is 0.641. The lowest BCUT2D eigenvalue weighted by molar-refractivity contribution is 0.192. The molecule has 1 rings (SSSR count). The first kappa shape index (κ1) is 17.6. The standard InChI is InChI=1S/C13H19N3O6/c1-2-3-4-5-6-14-11(19)15-7-9(8-17)10(18)16(12(15)20)13(21)22/h7,17H,2-6,8H2,1H3,(H,14,19)(H,21,22). The van der Waals surface area contributed by atoms with Crippen LogP contribution < -0.4 is 16.6 Å². The Hall–Kier alpha value is -2.42. The molecular weight excluding hydrogens is 294 g/mol. The molecule has 0 saturated heterocycles. The molecule has 3 N–H and O–H groups in total. The van der Waals surface area contributed by atoms with E-state index in [1.165, 1.54) is 0 Å². The number of carbonyl (C=O) groups excluding carboxylic acids is 1. The summed E-state index contributed by atoms with van der Waals surface area (Å²) in [5.74, 6) is 0. The van der Waals surface area contributed by atoms with Gasteiger partial charge in [-0.3, -0.25) is 4.79 Å². The van der Waals surface area contributed by atoms with Crippen LogP contribution in [-0.2, 0) is 6.61 Å². The molecule has 0 aliphatic heterocycles. The molecule has 0 atom stereocenters.